The molecule has 0 saturated carbocycles. The van der Waals surface area contributed by atoms with Crippen molar-refractivity contribution in [3.05, 3.63) is 52.3 Å². The number of morpholine rings is 1. The Morgan fingerprint density at radius 2 is 1.79 bits per heavy atom. The second kappa shape index (κ2) is 9.23. The summed E-state index contributed by atoms with van der Waals surface area (Å²) in [6, 6.07) is 8.32. The number of halogens is 1. The van der Waals surface area contributed by atoms with Crippen molar-refractivity contribution in [1.29, 1.82) is 0 Å². The maximum absolute atomic E-state index is 13.2. The smallest absolute Gasteiger partial charge is 0.264 e. The van der Waals surface area contributed by atoms with E-state index >= 15 is 0 Å². The second-order valence-corrected chi connectivity index (χ2v) is 9.73. The summed E-state index contributed by atoms with van der Waals surface area (Å²) in [5.41, 5.74) is 1.83. The average Bonchev–Trinajstić information content (AvgIpc) is 3.41. The Bertz CT molecular complexity index is 1160. The van der Waals surface area contributed by atoms with Gasteiger partial charge in [-0.1, -0.05) is 12.1 Å². The third kappa shape index (κ3) is 4.52. The zero-order valence-electron chi connectivity index (χ0n) is 18.6. The molecule has 0 atom stereocenters. The highest BCUT2D eigenvalue weighted by Crippen LogP contribution is 2.31. The summed E-state index contributed by atoms with van der Waals surface area (Å²) >= 11 is 1.44. The lowest BCUT2D eigenvalue weighted by Gasteiger charge is -2.35. The van der Waals surface area contributed by atoms with Gasteiger partial charge in [-0.3, -0.25) is 14.3 Å². The molecule has 33 heavy (non-hydrogen) atoms. The van der Waals surface area contributed by atoms with E-state index in [1.165, 1.54) is 23.5 Å². The molecule has 0 bridgehead atoms. The molecular formula is C24H27FN4O3S. The van der Waals surface area contributed by atoms with Crippen LogP contribution < -0.4 is 0 Å². The number of likely N-dealkylation sites (tertiary alicyclic amines) is 1. The van der Waals surface area contributed by atoms with Crippen molar-refractivity contribution in [2.24, 2.45) is 5.92 Å². The number of aryl methyl sites for hydroxylation is 1. The number of piperidine rings is 1. The number of hydrogen-bond acceptors (Lipinski definition) is 5. The monoisotopic (exact) mass is 470 g/mol. The van der Waals surface area contributed by atoms with E-state index in [9.17, 15) is 14.0 Å². The Hall–Kier alpha value is -2.78. The predicted octanol–water partition coefficient (Wildman–Crippen LogP) is 3.30. The normalized spacial score (nSPS) is 17.6. The van der Waals surface area contributed by atoms with E-state index in [1.54, 1.807) is 12.1 Å². The number of ether oxygens (including phenoxy) is 1. The molecule has 2 saturated heterocycles. The van der Waals surface area contributed by atoms with Crippen LogP contribution in [0.1, 0.15) is 33.8 Å². The van der Waals surface area contributed by atoms with Crippen LogP contribution in [0.2, 0.25) is 0 Å². The van der Waals surface area contributed by atoms with Crippen LogP contribution in [-0.2, 0) is 16.1 Å². The molecular weight excluding hydrogens is 443 g/mol. The highest BCUT2D eigenvalue weighted by atomic mass is 32.1. The van der Waals surface area contributed by atoms with E-state index in [1.807, 2.05) is 27.5 Å². The highest BCUT2D eigenvalue weighted by molar-refractivity contribution is 7.20. The first-order chi connectivity index (χ1) is 16.0. The summed E-state index contributed by atoms with van der Waals surface area (Å²) in [7, 11) is 0. The zero-order valence-corrected chi connectivity index (χ0v) is 19.4. The van der Waals surface area contributed by atoms with Crippen LogP contribution in [0.3, 0.4) is 0 Å². The Morgan fingerprint density at radius 1 is 1.09 bits per heavy atom. The fourth-order valence-electron chi connectivity index (χ4n) is 4.62. The fraction of sp³-hybridized carbons (Fsp3) is 0.458. The Morgan fingerprint density at radius 3 is 2.48 bits per heavy atom. The SMILES string of the molecule is Cc1nn(Cc2ccc(F)cc2)c2sc(C(=O)N3CCC(C(=O)N4CCOCC4)CC3)cc12. The summed E-state index contributed by atoms with van der Waals surface area (Å²) in [5.74, 6) is -0.0639. The largest absolute Gasteiger partial charge is 0.378 e. The number of amides is 2. The van der Waals surface area contributed by atoms with Crippen molar-refractivity contribution >= 4 is 33.4 Å². The molecule has 0 N–H and O–H groups in total. The van der Waals surface area contributed by atoms with E-state index in [2.05, 4.69) is 5.10 Å². The molecule has 0 unspecified atom stereocenters. The second-order valence-electron chi connectivity index (χ2n) is 8.70. The topological polar surface area (TPSA) is 67.7 Å². The summed E-state index contributed by atoms with van der Waals surface area (Å²) < 4.78 is 20.4. The lowest BCUT2D eigenvalue weighted by atomic mass is 9.95. The van der Waals surface area contributed by atoms with Crippen molar-refractivity contribution < 1.29 is 18.7 Å². The molecule has 2 fully saturated rings. The molecule has 9 heteroatoms. The highest BCUT2D eigenvalue weighted by Gasteiger charge is 2.32. The number of fused-ring (bicyclic) bond motifs is 1. The van der Waals surface area contributed by atoms with E-state index in [4.69, 9.17) is 4.74 Å². The van der Waals surface area contributed by atoms with E-state index in [0.29, 0.717) is 63.7 Å². The van der Waals surface area contributed by atoms with Crippen LogP contribution in [-0.4, -0.2) is 70.8 Å². The number of benzene rings is 1. The van der Waals surface area contributed by atoms with Crippen molar-refractivity contribution in [1.82, 2.24) is 19.6 Å². The standard InChI is InChI=1S/C24H27FN4O3S/c1-16-20-14-21(33-24(20)29(26-16)15-17-2-4-19(25)5-3-17)23(31)27-8-6-18(7-9-27)22(30)28-10-12-32-13-11-28/h2-5,14,18H,6-13,15H2,1H3. The molecule has 5 rings (SSSR count). The number of carbonyl (C=O) groups excluding carboxylic acids is 2. The number of thiophene rings is 1. The molecule has 1 aromatic carbocycles. The minimum atomic E-state index is -0.264. The summed E-state index contributed by atoms with van der Waals surface area (Å²) in [5, 5.41) is 5.59. The van der Waals surface area contributed by atoms with Gasteiger partial charge < -0.3 is 14.5 Å². The number of hydrogen-bond donors (Lipinski definition) is 0. The first kappa shape index (κ1) is 22.0. The molecule has 2 aliphatic rings. The first-order valence-electron chi connectivity index (χ1n) is 11.4. The van der Waals surface area contributed by atoms with Crippen LogP contribution in [0.4, 0.5) is 4.39 Å². The lowest BCUT2D eigenvalue weighted by Crippen LogP contribution is -2.47. The molecule has 2 aliphatic heterocycles. The van der Waals surface area contributed by atoms with Gasteiger partial charge in [-0.05, 0) is 43.5 Å². The molecule has 0 aliphatic carbocycles. The predicted molar refractivity (Wildman–Crippen MR) is 124 cm³/mol. The summed E-state index contributed by atoms with van der Waals surface area (Å²) in [6.45, 7) is 6.17. The maximum atomic E-state index is 13.2. The van der Waals surface area contributed by atoms with Gasteiger partial charge in [0.2, 0.25) is 5.91 Å². The minimum absolute atomic E-state index is 0.0129. The van der Waals surface area contributed by atoms with Gasteiger partial charge in [0.1, 0.15) is 10.6 Å². The third-order valence-electron chi connectivity index (χ3n) is 6.52. The molecule has 7 nitrogen and oxygen atoms in total. The van der Waals surface area contributed by atoms with Gasteiger partial charge in [-0.25, -0.2) is 4.39 Å². The van der Waals surface area contributed by atoms with Crippen LogP contribution in [0.25, 0.3) is 10.2 Å². The van der Waals surface area contributed by atoms with E-state index in [-0.39, 0.29) is 23.5 Å². The average molecular weight is 471 g/mol. The molecule has 0 radical (unpaired) electrons. The minimum Gasteiger partial charge on any atom is -0.378 e. The van der Waals surface area contributed by atoms with Gasteiger partial charge in [-0.2, -0.15) is 5.10 Å². The van der Waals surface area contributed by atoms with Crippen molar-refractivity contribution in [2.75, 3.05) is 39.4 Å². The lowest BCUT2D eigenvalue weighted by molar-refractivity contribution is -0.141. The van der Waals surface area contributed by atoms with E-state index < -0.39 is 0 Å². The van der Waals surface area contributed by atoms with Crippen molar-refractivity contribution in [3.8, 4) is 0 Å². The number of carbonyl (C=O) groups is 2. The molecule has 2 aromatic heterocycles. The van der Waals surface area contributed by atoms with Crippen LogP contribution >= 0.6 is 11.3 Å². The van der Waals surface area contributed by atoms with Gasteiger partial charge in [0.15, 0.2) is 0 Å². The molecule has 4 heterocycles. The van der Waals surface area contributed by atoms with E-state index in [0.717, 1.165) is 21.5 Å². The van der Waals surface area contributed by atoms with Gasteiger partial charge >= 0.3 is 0 Å². The number of nitrogens with zero attached hydrogens (tertiary/aromatic N) is 4. The summed E-state index contributed by atoms with van der Waals surface area (Å²) in [4.78, 5) is 31.4. The number of aromatic nitrogens is 2. The molecule has 2 amide bonds. The molecule has 3 aromatic rings. The Balaban J connectivity index is 1.26. The van der Waals surface area contributed by atoms with Gasteiger partial charge in [0, 0.05) is 37.5 Å². The maximum Gasteiger partial charge on any atom is 0.264 e. The molecule has 174 valence electrons. The van der Waals surface area contributed by atoms with Crippen molar-refractivity contribution in [3.63, 3.8) is 0 Å². The van der Waals surface area contributed by atoms with Crippen LogP contribution in [0, 0.1) is 18.7 Å². The third-order valence-corrected chi connectivity index (χ3v) is 7.65. The van der Waals surface area contributed by atoms with Crippen LogP contribution in [0.5, 0.6) is 0 Å². The van der Waals surface area contributed by atoms with Crippen LogP contribution in [0.15, 0.2) is 30.3 Å². The first-order valence-corrected chi connectivity index (χ1v) is 12.2. The van der Waals surface area contributed by atoms with Gasteiger partial charge in [0.05, 0.1) is 30.3 Å². The Labute approximate surface area is 195 Å². The number of rotatable bonds is 4. The van der Waals surface area contributed by atoms with Gasteiger partial charge in [-0.15, -0.1) is 11.3 Å². The molecule has 0 spiro atoms. The zero-order chi connectivity index (χ0) is 22.9. The fourth-order valence-corrected chi connectivity index (χ4v) is 5.74. The van der Waals surface area contributed by atoms with Crippen molar-refractivity contribution in [2.45, 2.75) is 26.3 Å². The van der Waals surface area contributed by atoms with Gasteiger partial charge in [0.25, 0.3) is 5.91 Å². The summed E-state index contributed by atoms with van der Waals surface area (Å²) in [6.07, 6.45) is 1.40. The Kier molecular flexibility index (Phi) is 6.16. The quantitative estimate of drug-likeness (QED) is 0.587.